The van der Waals surface area contributed by atoms with Crippen molar-refractivity contribution in [1.82, 2.24) is 24.7 Å². The molecule has 0 radical (unpaired) electrons. The molecule has 4 rings (SSSR count). The third-order valence-corrected chi connectivity index (χ3v) is 6.08. The van der Waals surface area contributed by atoms with Crippen molar-refractivity contribution in [3.63, 3.8) is 0 Å². The van der Waals surface area contributed by atoms with Crippen molar-refractivity contribution in [1.29, 1.82) is 0 Å². The number of rotatable bonds is 5. The van der Waals surface area contributed by atoms with E-state index in [0.717, 1.165) is 27.0 Å². The zero-order chi connectivity index (χ0) is 21.4. The van der Waals surface area contributed by atoms with Gasteiger partial charge in [0.15, 0.2) is 15.7 Å². The van der Waals surface area contributed by atoms with Crippen LogP contribution in [0.4, 0.5) is 5.13 Å². The number of carbonyl (C=O) groups is 1. The van der Waals surface area contributed by atoms with E-state index < -0.39 is 0 Å². The van der Waals surface area contributed by atoms with Crippen molar-refractivity contribution in [2.75, 3.05) is 5.32 Å². The molecular weight excluding hydrogens is 416 g/mol. The number of hydrogen-bond donors (Lipinski definition) is 2. The lowest BCUT2D eigenvalue weighted by Gasteiger charge is -2.07. The number of thiazole rings is 1. The Morgan fingerprint density at radius 3 is 2.83 bits per heavy atom. The molecule has 0 unspecified atom stereocenters. The van der Waals surface area contributed by atoms with E-state index in [9.17, 15) is 4.79 Å². The summed E-state index contributed by atoms with van der Waals surface area (Å²) >= 11 is 6.64. The van der Waals surface area contributed by atoms with Crippen LogP contribution in [0.15, 0.2) is 36.9 Å². The van der Waals surface area contributed by atoms with Gasteiger partial charge in [-0.3, -0.25) is 24.8 Å². The van der Waals surface area contributed by atoms with Gasteiger partial charge in [-0.2, -0.15) is 5.10 Å². The van der Waals surface area contributed by atoms with Gasteiger partial charge in [-0.05, 0) is 50.7 Å². The number of benzene rings is 1. The summed E-state index contributed by atoms with van der Waals surface area (Å²) in [7, 11) is 0. The first-order chi connectivity index (χ1) is 14.4. The van der Waals surface area contributed by atoms with E-state index in [-0.39, 0.29) is 5.91 Å². The maximum atomic E-state index is 12.9. The minimum atomic E-state index is -0.243. The standard InChI is InChI=1S/C21H20N6OS2/c1-5-8-27-18(25-26-21(27)29)17-13(4)23-20(30-17)24-19(28)15-10-14-7-6-11(2)9-16(14)22-12(15)3/h5-7,9-10H,1,8H2,2-4H3,(H,26,29)(H,23,24,28). The number of aromatic amines is 1. The van der Waals surface area contributed by atoms with Gasteiger partial charge in [-0.25, -0.2) is 4.98 Å². The van der Waals surface area contributed by atoms with Crippen LogP contribution in [0.2, 0.25) is 0 Å². The average Bonchev–Trinajstić information content (AvgIpc) is 3.23. The molecule has 0 aliphatic rings. The second kappa shape index (κ2) is 7.92. The summed E-state index contributed by atoms with van der Waals surface area (Å²) < 4.78 is 2.35. The first-order valence-corrected chi connectivity index (χ1v) is 10.5. The van der Waals surface area contributed by atoms with Crippen LogP contribution in [-0.2, 0) is 6.54 Å². The third kappa shape index (κ3) is 3.69. The number of pyridine rings is 1. The summed E-state index contributed by atoms with van der Waals surface area (Å²) in [5, 5.41) is 11.4. The lowest BCUT2D eigenvalue weighted by atomic mass is 10.1. The fourth-order valence-corrected chi connectivity index (χ4v) is 4.38. The molecular formula is C21H20N6OS2. The first kappa shape index (κ1) is 20.1. The van der Waals surface area contributed by atoms with E-state index in [1.165, 1.54) is 11.3 Å². The Kier molecular flexibility index (Phi) is 5.31. The molecule has 9 heteroatoms. The smallest absolute Gasteiger partial charge is 0.259 e. The van der Waals surface area contributed by atoms with Crippen LogP contribution in [-0.4, -0.2) is 30.6 Å². The minimum absolute atomic E-state index is 0.243. The monoisotopic (exact) mass is 436 g/mol. The maximum Gasteiger partial charge on any atom is 0.259 e. The second-order valence-corrected chi connectivity index (χ2v) is 8.34. The van der Waals surface area contributed by atoms with Gasteiger partial charge in [0.25, 0.3) is 5.91 Å². The lowest BCUT2D eigenvalue weighted by molar-refractivity contribution is 0.102. The number of anilines is 1. The summed E-state index contributed by atoms with van der Waals surface area (Å²) in [4.78, 5) is 22.9. The zero-order valence-corrected chi connectivity index (χ0v) is 18.4. The van der Waals surface area contributed by atoms with Crippen molar-refractivity contribution in [3.05, 3.63) is 64.2 Å². The van der Waals surface area contributed by atoms with Gasteiger partial charge in [-0.15, -0.1) is 6.58 Å². The van der Waals surface area contributed by atoms with Crippen LogP contribution in [0.1, 0.15) is 27.3 Å². The van der Waals surface area contributed by atoms with E-state index in [1.54, 1.807) is 6.08 Å². The number of allylic oxidation sites excluding steroid dienone is 1. The Bertz CT molecular complexity index is 1350. The number of nitrogens with one attached hydrogen (secondary N) is 2. The molecule has 0 saturated heterocycles. The van der Waals surface area contributed by atoms with E-state index >= 15 is 0 Å². The molecule has 0 spiro atoms. The number of hydrogen-bond acceptors (Lipinski definition) is 6. The molecule has 0 saturated carbocycles. The van der Waals surface area contributed by atoms with Crippen molar-refractivity contribution in [2.24, 2.45) is 0 Å². The molecule has 7 nitrogen and oxygen atoms in total. The Morgan fingerprint density at radius 1 is 1.27 bits per heavy atom. The van der Waals surface area contributed by atoms with Gasteiger partial charge in [-0.1, -0.05) is 29.5 Å². The highest BCUT2D eigenvalue weighted by Crippen LogP contribution is 2.32. The molecule has 0 aliphatic heterocycles. The highest BCUT2D eigenvalue weighted by atomic mass is 32.1. The molecule has 1 amide bonds. The van der Waals surface area contributed by atoms with E-state index in [0.29, 0.717) is 33.5 Å². The van der Waals surface area contributed by atoms with Crippen molar-refractivity contribution in [2.45, 2.75) is 27.3 Å². The fraction of sp³-hybridized carbons (Fsp3) is 0.190. The van der Waals surface area contributed by atoms with Gasteiger partial charge in [0.05, 0.1) is 27.3 Å². The van der Waals surface area contributed by atoms with Crippen molar-refractivity contribution >= 4 is 45.5 Å². The van der Waals surface area contributed by atoms with E-state index in [1.807, 2.05) is 49.6 Å². The number of H-pyrrole nitrogens is 1. The molecule has 4 aromatic rings. The molecule has 1 aromatic carbocycles. The quantitative estimate of drug-likeness (QED) is 0.340. The number of carbonyl (C=O) groups excluding carboxylic acids is 1. The average molecular weight is 437 g/mol. The molecule has 30 heavy (non-hydrogen) atoms. The van der Waals surface area contributed by atoms with Crippen LogP contribution in [0.5, 0.6) is 0 Å². The molecule has 3 aromatic heterocycles. The normalized spacial score (nSPS) is 11.0. The number of nitrogens with zero attached hydrogens (tertiary/aromatic N) is 4. The molecule has 3 heterocycles. The first-order valence-electron chi connectivity index (χ1n) is 9.30. The SMILES string of the molecule is C=CCn1c(-c2sc(NC(=O)c3cc4ccc(C)cc4nc3C)nc2C)n[nH]c1=S. The maximum absolute atomic E-state index is 12.9. The Morgan fingerprint density at radius 2 is 2.07 bits per heavy atom. The van der Waals surface area contributed by atoms with Crippen LogP contribution >= 0.6 is 23.6 Å². The van der Waals surface area contributed by atoms with Gasteiger partial charge in [0.2, 0.25) is 0 Å². The highest BCUT2D eigenvalue weighted by Gasteiger charge is 2.19. The Hall–Kier alpha value is -3.17. The Balaban J connectivity index is 1.65. The van der Waals surface area contributed by atoms with Crippen molar-refractivity contribution in [3.8, 4) is 10.7 Å². The number of aromatic nitrogens is 5. The molecule has 0 atom stereocenters. The van der Waals surface area contributed by atoms with E-state index in [2.05, 4.69) is 32.1 Å². The molecule has 0 bridgehead atoms. The van der Waals surface area contributed by atoms with Gasteiger partial charge >= 0.3 is 0 Å². The third-order valence-electron chi connectivity index (χ3n) is 4.70. The summed E-state index contributed by atoms with van der Waals surface area (Å²) in [6, 6.07) is 7.86. The molecule has 0 fully saturated rings. The van der Waals surface area contributed by atoms with E-state index in [4.69, 9.17) is 12.2 Å². The number of aryl methyl sites for hydroxylation is 3. The number of amides is 1. The van der Waals surface area contributed by atoms with Gasteiger partial charge in [0, 0.05) is 11.9 Å². The predicted molar refractivity (Wildman–Crippen MR) is 123 cm³/mol. The van der Waals surface area contributed by atoms with Crippen LogP contribution in [0, 0.1) is 25.5 Å². The number of fused-ring (bicyclic) bond motifs is 1. The van der Waals surface area contributed by atoms with Crippen LogP contribution < -0.4 is 5.32 Å². The van der Waals surface area contributed by atoms with Crippen LogP contribution in [0.3, 0.4) is 0 Å². The zero-order valence-electron chi connectivity index (χ0n) is 16.8. The van der Waals surface area contributed by atoms with Crippen molar-refractivity contribution < 1.29 is 4.79 Å². The lowest BCUT2D eigenvalue weighted by Crippen LogP contribution is -2.14. The van der Waals surface area contributed by atoms with Gasteiger partial charge in [0.1, 0.15) is 0 Å². The predicted octanol–water partition coefficient (Wildman–Crippen LogP) is 4.98. The Labute approximate surface area is 182 Å². The summed E-state index contributed by atoms with van der Waals surface area (Å²) in [5.41, 5.74) is 3.97. The largest absolute Gasteiger partial charge is 0.298 e. The fourth-order valence-electron chi connectivity index (χ4n) is 3.21. The summed E-state index contributed by atoms with van der Waals surface area (Å²) in [6.45, 7) is 10.0. The van der Waals surface area contributed by atoms with Gasteiger partial charge < -0.3 is 0 Å². The summed E-state index contributed by atoms with van der Waals surface area (Å²) in [5.74, 6) is 0.432. The molecule has 2 N–H and O–H groups in total. The topological polar surface area (TPSA) is 88.5 Å². The summed E-state index contributed by atoms with van der Waals surface area (Å²) in [6.07, 6.45) is 1.75. The second-order valence-electron chi connectivity index (χ2n) is 6.96. The van der Waals surface area contributed by atoms with Crippen LogP contribution in [0.25, 0.3) is 21.6 Å². The minimum Gasteiger partial charge on any atom is -0.298 e. The highest BCUT2D eigenvalue weighted by molar-refractivity contribution is 7.71. The molecule has 152 valence electrons. The molecule has 0 aliphatic carbocycles.